The molecule has 0 bridgehead atoms. The van der Waals surface area contributed by atoms with Crippen molar-refractivity contribution in [2.45, 2.75) is 0 Å². The van der Waals surface area contributed by atoms with E-state index in [4.69, 9.17) is 0 Å². The van der Waals surface area contributed by atoms with Crippen molar-refractivity contribution in [2.24, 2.45) is 0 Å². The highest BCUT2D eigenvalue weighted by Crippen LogP contribution is 2.35. The number of fused-ring (bicyclic) bond motifs is 1. The van der Waals surface area contributed by atoms with Gasteiger partial charge in [0.05, 0.1) is 8.96 Å². The molecule has 8 heteroatoms. The minimum Gasteiger partial charge on any atom is -0.203 e. The van der Waals surface area contributed by atoms with Crippen molar-refractivity contribution in [1.82, 2.24) is 0 Å². The lowest BCUT2D eigenvalue weighted by atomic mass is 10.1. The molecule has 18 heavy (non-hydrogen) atoms. The highest BCUT2D eigenvalue weighted by atomic mass is 127. The van der Waals surface area contributed by atoms with Crippen LogP contribution in [-0.2, 0) is 0 Å². The molecule has 0 aromatic heterocycles. The van der Waals surface area contributed by atoms with Crippen LogP contribution in [0.15, 0.2) is 0 Å². The Morgan fingerprint density at radius 1 is 0.444 bits per heavy atom. The van der Waals surface area contributed by atoms with Gasteiger partial charge >= 0.3 is 0 Å². The maximum atomic E-state index is 13.3. The quantitative estimate of drug-likeness (QED) is 0.275. The average Bonchev–Trinajstić information content (AvgIpc) is 2.35. The normalized spacial score (nSPS) is 11.3. The van der Waals surface area contributed by atoms with Crippen LogP contribution in [0, 0.1) is 44.3 Å². The van der Waals surface area contributed by atoms with E-state index in [9.17, 15) is 30.7 Å². The molecular weight excluding hydrogens is 380 g/mol. The number of rotatable bonds is 0. The van der Waals surface area contributed by atoms with Gasteiger partial charge in [0.1, 0.15) is 0 Å². The summed E-state index contributed by atoms with van der Waals surface area (Å²) < 4.78 is 91.0. The summed E-state index contributed by atoms with van der Waals surface area (Å²) in [5, 5.41) is -2.64. The summed E-state index contributed by atoms with van der Waals surface area (Å²) >= 11 is 1.04. The van der Waals surface area contributed by atoms with Gasteiger partial charge in [-0.25, -0.2) is 30.7 Å². The minimum absolute atomic E-state index is 0.878. The molecule has 2 rings (SSSR count). The molecule has 0 aliphatic rings. The Balaban J connectivity index is 3.22. The summed E-state index contributed by atoms with van der Waals surface area (Å²) in [4.78, 5) is 0. The van der Waals surface area contributed by atoms with Gasteiger partial charge in [-0.2, -0.15) is 0 Å². The van der Waals surface area contributed by atoms with Crippen LogP contribution in [0.25, 0.3) is 10.8 Å². The summed E-state index contributed by atoms with van der Waals surface area (Å²) in [6, 6.07) is 0. The molecule has 0 saturated carbocycles. The summed E-state index contributed by atoms with van der Waals surface area (Å²) in [5.74, 6) is -14.6. The predicted octanol–water partition coefficient (Wildman–Crippen LogP) is 4.42. The van der Waals surface area contributed by atoms with Crippen molar-refractivity contribution in [2.75, 3.05) is 0 Å². The van der Waals surface area contributed by atoms with E-state index in [-0.39, 0.29) is 0 Å². The molecule has 0 amide bonds. The van der Waals surface area contributed by atoms with Gasteiger partial charge in [-0.3, -0.25) is 0 Å². The van der Waals surface area contributed by atoms with Crippen molar-refractivity contribution in [3.05, 3.63) is 44.3 Å². The van der Waals surface area contributed by atoms with Crippen LogP contribution in [-0.4, -0.2) is 0 Å². The molecule has 0 fully saturated rings. The minimum atomic E-state index is -2.29. The molecule has 0 spiro atoms. The Labute approximate surface area is 109 Å². The lowest BCUT2D eigenvalue weighted by Crippen LogP contribution is -2.05. The zero-order valence-corrected chi connectivity index (χ0v) is 10.2. The molecule has 0 atom stereocenters. The van der Waals surface area contributed by atoms with Crippen LogP contribution in [0.2, 0.25) is 0 Å². The fourth-order valence-corrected chi connectivity index (χ4v) is 2.20. The molecular formula is C10F7I. The molecule has 0 radical (unpaired) electrons. The third-order valence-electron chi connectivity index (χ3n) is 2.28. The number of halogens is 8. The summed E-state index contributed by atoms with van der Waals surface area (Å²) in [7, 11) is 0. The fourth-order valence-electron chi connectivity index (χ4n) is 1.46. The van der Waals surface area contributed by atoms with Gasteiger partial charge in [0.2, 0.25) is 0 Å². The van der Waals surface area contributed by atoms with Crippen LogP contribution in [0.5, 0.6) is 0 Å². The molecule has 2 aromatic rings. The second kappa shape index (κ2) is 4.25. The van der Waals surface area contributed by atoms with Crippen molar-refractivity contribution in [1.29, 1.82) is 0 Å². The SMILES string of the molecule is Fc1c(F)c(F)c2c(I)c(F)c(F)c(F)c2c1F. The summed E-state index contributed by atoms with van der Waals surface area (Å²) in [6.45, 7) is 0. The summed E-state index contributed by atoms with van der Waals surface area (Å²) in [6.07, 6.45) is 0. The first-order valence-corrected chi connectivity index (χ1v) is 5.34. The molecule has 0 unspecified atom stereocenters. The Hall–Kier alpha value is -1.06. The second-order valence-corrected chi connectivity index (χ2v) is 4.34. The third-order valence-corrected chi connectivity index (χ3v) is 3.30. The monoisotopic (exact) mass is 380 g/mol. The van der Waals surface area contributed by atoms with Gasteiger partial charge in [0, 0.05) is 5.39 Å². The zero-order valence-electron chi connectivity index (χ0n) is 8.02. The van der Waals surface area contributed by atoms with E-state index >= 15 is 0 Å². The first-order chi connectivity index (χ1) is 8.29. The predicted molar refractivity (Wildman–Crippen MR) is 56.4 cm³/mol. The molecule has 0 heterocycles. The molecule has 0 saturated heterocycles. The largest absolute Gasteiger partial charge is 0.203 e. The lowest BCUT2D eigenvalue weighted by molar-refractivity contribution is 0.409. The lowest BCUT2D eigenvalue weighted by Gasteiger charge is -2.09. The van der Waals surface area contributed by atoms with Crippen LogP contribution in [0.4, 0.5) is 30.7 Å². The van der Waals surface area contributed by atoms with E-state index in [1.165, 1.54) is 0 Å². The Bertz CT molecular complexity index is 567. The van der Waals surface area contributed by atoms with E-state index in [2.05, 4.69) is 0 Å². The number of hydrogen-bond donors (Lipinski definition) is 0. The van der Waals surface area contributed by atoms with Crippen LogP contribution >= 0.6 is 22.6 Å². The van der Waals surface area contributed by atoms with Gasteiger partial charge < -0.3 is 0 Å². The van der Waals surface area contributed by atoms with Gasteiger partial charge in [0.25, 0.3) is 0 Å². The van der Waals surface area contributed by atoms with Gasteiger partial charge in [0.15, 0.2) is 40.7 Å². The van der Waals surface area contributed by atoms with Crippen molar-refractivity contribution in [3.8, 4) is 0 Å². The van der Waals surface area contributed by atoms with Crippen LogP contribution in [0.1, 0.15) is 0 Å². The summed E-state index contributed by atoms with van der Waals surface area (Å²) in [5.41, 5.74) is 0. The maximum Gasteiger partial charge on any atom is 0.198 e. The molecule has 0 N–H and O–H groups in total. The van der Waals surface area contributed by atoms with E-state index in [0.29, 0.717) is 0 Å². The van der Waals surface area contributed by atoms with Crippen molar-refractivity contribution >= 4 is 33.4 Å². The first kappa shape index (κ1) is 13.4. The third kappa shape index (κ3) is 1.57. The molecule has 0 aliphatic heterocycles. The van der Waals surface area contributed by atoms with Crippen molar-refractivity contribution in [3.63, 3.8) is 0 Å². The van der Waals surface area contributed by atoms with E-state index in [1.54, 1.807) is 0 Å². The second-order valence-electron chi connectivity index (χ2n) is 3.26. The van der Waals surface area contributed by atoms with Crippen LogP contribution < -0.4 is 0 Å². The van der Waals surface area contributed by atoms with E-state index in [0.717, 1.165) is 22.6 Å². The maximum absolute atomic E-state index is 13.3. The zero-order chi connectivity index (χ0) is 13.8. The Kier molecular flexibility index (Phi) is 3.16. The van der Waals surface area contributed by atoms with E-state index < -0.39 is 55.1 Å². The van der Waals surface area contributed by atoms with Crippen molar-refractivity contribution < 1.29 is 30.7 Å². The fraction of sp³-hybridized carbons (Fsp3) is 0. The Morgan fingerprint density at radius 2 is 0.778 bits per heavy atom. The van der Waals surface area contributed by atoms with Gasteiger partial charge in [-0.05, 0) is 22.6 Å². The number of hydrogen-bond acceptors (Lipinski definition) is 0. The average molecular weight is 380 g/mol. The van der Waals surface area contributed by atoms with Gasteiger partial charge in [-0.1, -0.05) is 0 Å². The molecule has 96 valence electrons. The molecule has 0 aliphatic carbocycles. The standard InChI is InChI=1S/C10F7I/c11-3-1-2(5(13)7(15)6(3)14)10(18)9(17)8(16)4(1)12. The van der Waals surface area contributed by atoms with E-state index in [1.807, 2.05) is 0 Å². The highest BCUT2D eigenvalue weighted by Gasteiger charge is 2.29. The number of benzene rings is 2. The molecule has 2 aromatic carbocycles. The smallest absolute Gasteiger partial charge is 0.198 e. The Morgan fingerprint density at radius 3 is 1.22 bits per heavy atom. The molecule has 0 nitrogen and oxygen atoms in total. The first-order valence-electron chi connectivity index (χ1n) is 4.26. The van der Waals surface area contributed by atoms with Crippen LogP contribution in [0.3, 0.4) is 0 Å². The highest BCUT2D eigenvalue weighted by molar-refractivity contribution is 14.1. The van der Waals surface area contributed by atoms with Gasteiger partial charge in [-0.15, -0.1) is 0 Å². The topological polar surface area (TPSA) is 0 Å².